The Morgan fingerprint density at radius 2 is 0.576 bits per heavy atom. The van der Waals surface area contributed by atoms with Crippen LogP contribution >= 0.6 is 0 Å². The first kappa shape index (κ1) is 42.5. The van der Waals surface area contributed by atoms with Crippen LogP contribution < -0.4 is 0 Å². The lowest BCUT2D eigenvalue weighted by Crippen LogP contribution is -2.12. The van der Waals surface area contributed by atoms with Crippen LogP contribution in [0.4, 0.5) is 52.7 Å². The van der Waals surface area contributed by atoms with Crippen LogP contribution in [0.5, 0.6) is 0 Å². The number of para-hydroxylation sites is 2. The number of benzene rings is 8. The van der Waals surface area contributed by atoms with Crippen LogP contribution in [0.3, 0.4) is 0 Å². The number of fused-ring (bicyclic) bond motifs is 6. The molecule has 0 saturated carbocycles. The summed E-state index contributed by atoms with van der Waals surface area (Å²) in [5.41, 5.74) is -5.06. The Hall–Kier alpha value is -7.48. The van der Waals surface area contributed by atoms with Crippen LogP contribution in [-0.4, -0.2) is 9.13 Å². The first-order valence-electron chi connectivity index (χ1n) is 20.1. The summed E-state index contributed by atoms with van der Waals surface area (Å²) in [6, 6.07) is 37.8. The van der Waals surface area contributed by atoms with E-state index in [2.05, 4.69) is 0 Å². The molecule has 2 aromatic heterocycles. The third-order valence-electron chi connectivity index (χ3n) is 11.9. The molecule has 8 aromatic carbocycles. The van der Waals surface area contributed by atoms with Gasteiger partial charge in [0.1, 0.15) is 0 Å². The quantitative estimate of drug-likeness (QED) is 0.152. The van der Waals surface area contributed by atoms with E-state index in [0.29, 0.717) is 44.7 Å². The molecule has 0 aliphatic heterocycles. The van der Waals surface area contributed by atoms with Crippen molar-refractivity contribution in [2.75, 3.05) is 0 Å². The molecule has 330 valence electrons. The molecule has 0 spiro atoms. The minimum absolute atomic E-state index is 0.0196. The second-order valence-electron chi connectivity index (χ2n) is 15.7. The standard InChI is InChI=1S/C52H28F12N2/c53-49(54,55)41-13-5-1-9-33(41)29-17-21-37-35-11-3-7-15-45(35)65(47(37)25-29)31-19-23-43(51(59,60)61)39(27-31)40-28-32(20-24-44(40)52(62,63)64)66-46-16-8-4-12-36(46)38-22-18-30(26-48(38)66)34-10-2-6-14-42(34)50(56,57)58/h1-28H. The zero-order valence-electron chi connectivity index (χ0n) is 33.6. The van der Waals surface area contributed by atoms with Gasteiger partial charge in [0.2, 0.25) is 0 Å². The molecule has 14 heteroatoms. The maximum Gasteiger partial charge on any atom is 0.417 e. The van der Waals surface area contributed by atoms with Gasteiger partial charge in [-0.1, -0.05) is 97.1 Å². The molecule has 0 saturated heterocycles. The van der Waals surface area contributed by atoms with Crippen molar-refractivity contribution in [3.8, 4) is 44.8 Å². The Morgan fingerprint density at radius 3 is 0.955 bits per heavy atom. The van der Waals surface area contributed by atoms with E-state index >= 15 is 26.3 Å². The summed E-state index contributed by atoms with van der Waals surface area (Å²) < 4.78 is 179. The Labute approximate surface area is 366 Å². The third-order valence-corrected chi connectivity index (χ3v) is 11.9. The van der Waals surface area contributed by atoms with Gasteiger partial charge in [0, 0.05) is 32.9 Å². The van der Waals surface area contributed by atoms with Crippen LogP contribution in [0.2, 0.25) is 0 Å². The molecule has 2 heterocycles. The van der Waals surface area contributed by atoms with E-state index in [9.17, 15) is 26.3 Å². The maximum atomic E-state index is 15.2. The fraction of sp³-hybridized carbons (Fsp3) is 0.0769. The van der Waals surface area contributed by atoms with Gasteiger partial charge in [-0.25, -0.2) is 0 Å². The number of alkyl halides is 12. The van der Waals surface area contributed by atoms with Gasteiger partial charge in [-0.2, -0.15) is 52.7 Å². The SMILES string of the molecule is FC(F)(F)c1ccccc1-c1ccc2c3ccccc3n(-c3ccc(C(F)(F)F)c(-c4cc(-n5c6ccccc6c6ccc(-c7ccccc7C(F)(F)F)cc65)ccc4C(F)(F)F)c3)c2c1. The number of halogens is 12. The lowest BCUT2D eigenvalue weighted by molar-refractivity contribution is -0.139. The fourth-order valence-corrected chi connectivity index (χ4v) is 9.08. The first-order valence-corrected chi connectivity index (χ1v) is 20.1. The summed E-state index contributed by atoms with van der Waals surface area (Å²) in [7, 11) is 0. The Morgan fingerprint density at radius 1 is 0.258 bits per heavy atom. The average molecular weight is 909 g/mol. The molecule has 0 aliphatic rings. The van der Waals surface area contributed by atoms with Gasteiger partial charge >= 0.3 is 24.7 Å². The molecule has 0 fully saturated rings. The molecular weight excluding hydrogens is 881 g/mol. The summed E-state index contributed by atoms with van der Waals surface area (Å²) in [6.45, 7) is 0. The van der Waals surface area contributed by atoms with Gasteiger partial charge < -0.3 is 9.13 Å². The smallest absolute Gasteiger partial charge is 0.309 e. The Kier molecular flexibility index (Phi) is 9.68. The maximum absolute atomic E-state index is 15.2. The summed E-state index contributed by atoms with van der Waals surface area (Å²) in [6.07, 6.45) is -19.8. The Bertz CT molecular complexity index is 3310. The van der Waals surface area contributed by atoms with Crippen molar-refractivity contribution in [1.82, 2.24) is 9.13 Å². The zero-order valence-corrected chi connectivity index (χ0v) is 33.6. The molecule has 2 nitrogen and oxygen atoms in total. The van der Waals surface area contributed by atoms with E-state index in [1.807, 2.05) is 0 Å². The van der Waals surface area contributed by atoms with E-state index in [-0.39, 0.29) is 44.7 Å². The first-order chi connectivity index (χ1) is 31.3. The van der Waals surface area contributed by atoms with Crippen LogP contribution in [0, 0.1) is 0 Å². The van der Waals surface area contributed by atoms with Crippen molar-refractivity contribution in [2.45, 2.75) is 24.7 Å². The van der Waals surface area contributed by atoms with Crippen LogP contribution in [0.1, 0.15) is 22.3 Å². The van der Waals surface area contributed by atoms with Crippen molar-refractivity contribution in [3.05, 3.63) is 192 Å². The van der Waals surface area contributed by atoms with Gasteiger partial charge in [0.25, 0.3) is 0 Å². The monoisotopic (exact) mass is 908 g/mol. The van der Waals surface area contributed by atoms with Crippen molar-refractivity contribution in [1.29, 1.82) is 0 Å². The van der Waals surface area contributed by atoms with Crippen LogP contribution in [0.25, 0.3) is 88.4 Å². The van der Waals surface area contributed by atoms with E-state index in [0.717, 1.165) is 36.4 Å². The van der Waals surface area contributed by atoms with Crippen LogP contribution in [0.15, 0.2) is 170 Å². The van der Waals surface area contributed by atoms with Crippen molar-refractivity contribution < 1.29 is 52.7 Å². The largest absolute Gasteiger partial charge is 0.417 e. The second-order valence-corrected chi connectivity index (χ2v) is 15.7. The highest BCUT2D eigenvalue weighted by molar-refractivity contribution is 6.11. The third kappa shape index (κ3) is 7.11. The number of aromatic nitrogens is 2. The summed E-state index contributed by atoms with van der Waals surface area (Å²) in [5, 5.41) is 2.18. The van der Waals surface area contributed by atoms with Gasteiger partial charge in [0.15, 0.2) is 0 Å². The van der Waals surface area contributed by atoms with E-state index in [4.69, 9.17) is 0 Å². The fourth-order valence-electron chi connectivity index (χ4n) is 9.08. The topological polar surface area (TPSA) is 9.86 Å². The number of nitrogens with zero attached hydrogens (tertiary/aromatic N) is 2. The normalized spacial score (nSPS) is 12.8. The lowest BCUT2D eigenvalue weighted by Gasteiger charge is -2.21. The molecule has 0 atom stereocenters. The van der Waals surface area contributed by atoms with Crippen molar-refractivity contribution in [2.24, 2.45) is 0 Å². The number of rotatable bonds is 5. The molecule has 10 aromatic rings. The van der Waals surface area contributed by atoms with Gasteiger partial charge in [-0.3, -0.25) is 0 Å². The lowest BCUT2D eigenvalue weighted by atomic mass is 9.93. The molecule has 0 aliphatic carbocycles. The van der Waals surface area contributed by atoms with Crippen molar-refractivity contribution >= 4 is 43.6 Å². The predicted octanol–water partition coefficient (Wildman–Crippen LogP) is 17.0. The highest BCUT2D eigenvalue weighted by Crippen LogP contribution is 2.47. The molecule has 0 bridgehead atoms. The second kappa shape index (κ2) is 15.0. The van der Waals surface area contributed by atoms with Gasteiger partial charge in [-0.15, -0.1) is 0 Å². The average Bonchev–Trinajstić information content (AvgIpc) is 3.79. The van der Waals surface area contributed by atoms with E-state index in [1.165, 1.54) is 69.8 Å². The minimum atomic E-state index is -5.18. The molecular formula is C52H28F12N2. The molecule has 0 N–H and O–H groups in total. The predicted molar refractivity (Wildman–Crippen MR) is 231 cm³/mol. The molecule has 0 radical (unpaired) electrons. The molecule has 0 unspecified atom stereocenters. The van der Waals surface area contributed by atoms with Gasteiger partial charge in [-0.05, 0) is 106 Å². The summed E-state index contributed by atoms with van der Waals surface area (Å²) in [4.78, 5) is 0. The van der Waals surface area contributed by atoms with Crippen molar-refractivity contribution in [3.63, 3.8) is 0 Å². The summed E-state index contributed by atoms with van der Waals surface area (Å²) >= 11 is 0. The van der Waals surface area contributed by atoms with Crippen LogP contribution in [-0.2, 0) is 24.7 Å². The molecule has 66 heavy (non-hydrogen) atoms. The number of hydrogen-bond acceptors (Lipinski definition) is 0. The van der Waals surface area contributed by atoms with E-state index < -0.39 is 58.1 Å². The highest BCUT2D eigenvalue weighted by Gasteiger charge is 2.40. The number of hydrogen-bond donors (Lipinski definition) is 0. The minimum Gasteiger partial charge on any atom is -0.309 e. The highest BCUT2D eigenvalue weighted by atomic mass is 19.4. The zero-order chi connectivity index (χ0) is 46.5. The van der Waals surface area contributed by atoms with E-state index in [1.54, 1.807) is 60.7 Å². The summed E-state index contributed by atoms with van der Waals surface area (Å²) in [5.74, 6) is 0. The van der Waals surface area contributed by atoms with Gasteiger partial charge in [0.05, 0.1) is 44.3 Å². The molecule has 10 rings (SSSR count). The molecule has 0 amide bonds. The Balaban J connectivity index is 1.24.